The number of anilines is 1. The third-order valence-electron chi connectivity index (χ3n) is 6.30. The molecule has 4 rings (SSSR count). The van der Waals surface area contributed by atoms with Gasteiger partial charge in [0.05, 0.1) is 10.6 Å². The third-order valence-corrected chi connectivity index (χ3v) is 6.73. The Morgan fingerprint density at radius 2 is 1.91 bits per heavy atom. The maximum absolute atomic E-state index is 12.7. The highest BCUT2D eigenvalue weighted by Crippen LogP contribution is 2.28. The Morgan fingerprint density at radius 1 is 1.12 bits per heavy atom. The first-order chi connectivity index (χ1) is 15.8. The van der Waals surface area contributed by atoms with E-state index >= 15 is 0 Å². The Kier molecular flexibility index (Phi) is 7.41. The van der Waals surface area contributed by atoms with Crippen LogP contribution in [0.25, 0.3) is 0 Å². The van der Waals surface area contributed by atoms with E-state index in [0.717, 1.165) is 30.8 Å². The molecule has 2 N–H and O–H groups in total. The van der Waals surface area contributed by atoms with Crippen molar-refractivity contribution in [1.29, 1.82) is 0 Å². The summed E-state index contributed by atoms with van der Waals surface area (Å²) in [5, 5.41) is 6.96. The molecule has 33 heavy (non-hydrogen) atoms. The van der Waals surface area contributed by atoms with Crippen LogP contribution in [0.2, 0.25) is 10.0 Å². The van der Waals surface area contributed by atoms with Gasteiger partial charge in [-0.2, -0.15) is 0 Å². The third kappa shape index (κ3) is 6.16. The minimum absolute atomic E-state index is 0.0356. The lowest BCUT2D eigenvalue weighted by Crippen LogP contribution is -2.56. The highest BCUT2D eigenvalue weighted by atomic mass is 35.5. The van der Waals surface area contributed by atoms with Gasteiger partial charge in [0.1, 0.15) is 0 Å². The molecule has 7 nitrogen and oxygen atoms in total. The molecule has 1 aliphatic heterocycles. The van der Waals surface area contributed by atoms with E-state index in [2.05, 4.69) is 27.4 Å². The average molecular weight is 490 g/mol. The molecule has 2 aliphatic rings. The van der Waals surface area contributed by atoms with E-state index in [4.69, 9.17) is 23.2 Å². The Balaban J connectivity index is 1.39. The minimum Gasteiger partial charge on any atom is -0.338 e. The van der Waals surface area contributed by atoms with Gasteiger partial charge in [0.2, 0.25) is 0 Å². The Morgan fingerprint density at radius 3 is 2.61 bits per heavy atom. The first kappa shape index (κ1) is 23.8. The topological polar surface area (TPSA) is 77.6 Å². The number of halogens is 2. The van der Waals surface area contributed by atoms with Crippen LogP contribution in [-0.4, -0.2) is 58.9 Å². The van der Waals surface area contributed by atoms with Crippen LogP contribution >= 0.6 is 23.2 Å². The van der Waals surface area contributed by atoms with E-state index in [-0.39, 0.29) is 18.0 Å². The minimum atomic E-state index is -0.291. The number of hydrogen-bond acceptors (Lipinski definition) is 4. The molecule has 0 bridgehead atoms. The van der Waals surface area contributed by atoms with Crippen LogP contribution in [-0.2, 0) is 6.54 Å². The lowest BCUT2D eigenvalue weighted by Gasteiger charge is -2.40. The zero-order valence-corrected chi connectivity index (χ0v) is 20.4. The molecule has 3 amide bonds. The SMILES string of the molecule is Cc1c(CN2CCN(C(=O)NCC3CC3)C(C)C2)cc(Cl)cc1NC(=O)c1cncc(Cl)c1. The van der Waals surface area contributed by atoms with Crippen LogP contribution in [0.15, 0.2) is 30.6 Å². The van der Waals surface area contributed by atoms with Gasteiger partial charge in [-0.05, 0) is 61.9 Å². The van der Waals surface area contributed by atoms with Crippen molar-refractivity contribution in [1.82, 2.24) is 20.1 Å². The highest BCUT2D eigenvalue weighted by molar-refractivity contribution is 6.31. The van der Waals surface area contributed by atoms with Crippen LogP contribution in [0.4, 0.5) is 10.5 Å². The molecule has 1 aromatic heterocycles. The summed E-state index contributed by atoms with van der Waals surface area (Å²) < 4.78 is 0. The smallest absolute Gasteiger partial charge is 0.317 e. The molecule has 2 fully saturated rings. The molecular formula is C24H29Cl2N5O2. The summed E-state index contributed by atoms with van der Waals surface area (Å²) in [6.07, 6.45) is 5.41. The predicted octanol–water partition coefficient (Wildman–Crippen LogP) is 4.57. The van der Waals surface area contributed by atoms with Crippen molar-refractivity contribution >= 4 is 40.8 Å². The van der Waals surface area contributed by atoms with Gasteiger partial charge in [-0.25, -0.2) is 4.79 Å². The number of hydrogen-bond donors (Lipinski definition) is 2. The van der Waals surface area contributed by atoms with E-state index < -0.39 is 0 Å². The van der Waals surface area contributed by atoms with Crippen molar-refractivity contribution in [3.05, 3.63) is 57.3 Å². The fraction of sp³-hybridized carbons (Fsp3) is 0.458. The molecular weight excluding hydrogens is 461 g/mol. The first-order valence-electron chi connectivity index (χ1n) is 11.3. The Labute approximate surface area is 204 Å². The Bertz CT molecular complexity index is 1040. The Hall–Kier alpha value is -2.35. The summed E-state index contributed by atoms with van der Waals surface area (Å²) in [5.74, 6) is 0.377. The van der Waals surface area contributed by atoms with Crippen molar-refractivity contribution < 1.29 is 9.59 Å². The van der Waals surface area contributed by atoms with Crippen LogP contribution in [0, 0.1) is 12.8 Å². The molecule has 2 heterocycles. The fourth-order valence-electron chi connectivity index (χ4n) is 4.13. The number of amides is 3. The molecule has 0 spiro atoms. The van der Waals surface area contributed by atoms with Gasteiger partial charge < -0.3 is 15.5 Å². The zero-order valence-electron chi connectivity index (χ0n) is 18.9. The van der Waals surface area contributed by atoms with Gasteiger partial charge in [0.25, 0.3) is 5.91 Å². The molecule has 9 heteroatoms. The van der Waals surface area contributed by atoms with Gasteiger partial charge in [-0.1, -0.05) is 23.2 Å². The number of piperazine rings is 1. The van der Waals surface area contributed by atoms with Crippen molar-refractivity contribution in [3.63, 3.8) is 0 Å². The number of nitrogens with one attached hydrogen (secondary N) is 2. The summed E-state index contributed by atoms with van der Waals surface area (Å²) in [7, 11) is 0. The molecule has 0 radical (unpaired) electrons. The maximum Gasteiger partial charge on any atom is 0.317 e. The maximum atomic E-state index is 12.7. The molecule has 1 aliphatic carbocycles. The monoisotopic (exact) mass is 489 g/mol. The molecule has 1 aromatic carbocycles. The van der Waals surface area contributed by atoms with E-state index in [9.17, 15) is 9.59 Å². The molecule has 1 saturated carbocycles. The number of rotatable bonds is 6. The summed E-state index contributed by atoms with van der Waals surface area (Å²) in [6.45, 7) is 7.77. The number of benzene rings is 1. The van der Waals surface area contributed by atoms with Crippen LogP contribution < -0.4 is 10.6 Å². The summed E-state index contributed by atoms with van der Waals surface area (Å²) >= 11 is 12.3. The second-order valence-electron chi connectivity index (χ2n) is 8.99. The van der Waals surface area contributed by atoms with E-state index in [1.165, 1.54) is 25.2 Å². The largest absolute Gasteiger partial charge is 0.338 e. The number of pyridine rings is 1. The van der Waals surface area contributed by atoms with Crippen LogP contribution in [0.1, 0.15) is 41.3 Å². The van der Waals surface area contributed by atoms with Crippen LogP contribution in [0.5, 0.6) is 0 Å². The van der Waals surface area contributed by atoms with Gasteiger partial charge in [-0.3, -0.25) is 14.7 Å². The lowest BCUT2D eigenvalue weighted by molar-refractivity contribution is 0.0973. The normalized spacial score (nSPS) is 18.8. The molecule has 1 atom stereocenters. The lowest BCUT2D eigenvalue weighted by atomic mass is 10.0. The van der Waals surface area contributed by atoms with Crippen molar-refractivity contribution in [2.75, 3.05) is 31.5 Å². The first-order valence-corrected chi connectivity index (χ1v) is 12.0. The van der Waals surface area contributed by atoms with E-state index in [1.807, 2.05) is 17.9 Å². The molecule has 1 unspecified atom stereocenters. The average Bonchev–Trinajstić information content (AvgIpc) is 3.60. The number of nitrogens with zero attached hydrogens (tertiary/aromatic N) is 3. The number of urea groups is 1. The standard InChI is InChI=1S/C24H29Cl2N5O2/c1-15-13-30(5-6-31(15)24(33)28-10-17-3-4-17)14-19-8-20(25)9-22(16(19)2)29-23(32)18-7-21(26)12-27-11-18/h7-9,11-12,15,17H,3-6,10,13-14H2,1-2H3,(H,28,33)(H,29,32). The number of aromatic nitrogens is 1. The van der Waals surface area contributed by atoms with E-state index in [1.54, 1.807) is 12.1 Å². The predicted molar refractivity (Wildman–Crippen MR) is 131 cm³/mol. The van der Waals surface area contributed by atoms with Gasteiger partial charge in [-0.15, -0.1) is 0 Å². The van der Waals surface area contributed by atoms with Crippen molar-refractivity contribution in [2.45, 2.75) is 39.3 Å². The summed E-state index contributed by atoms with van der Waals surface area (Å²) in [4.78, 5) is 33.4. The summed E-state index contributed by atoms with van der Waals surface area (Å²) in [6, 6.07) is 5.42. The van der Waals surface area contributed by atoms with E-state index in [0.29, 0.717) is 40.3 Å². The quantitative estimate of drug-likeness (QED) is 0.622. The molecule has 1 saturated heterocycles. The van der Waals surface area contributed by atoms with Gasteiger partial charge >= 0.3 is 6.03 Å². The van der Waals surface area contributed by atoms with Crippen molar-refractivity contribution in [2.24, 2.45) is 5.92 Å². The highest BCUT2D eigenvalue weighted by Gasteiger charge is 2.29. The zero-order chi connectivity index (χ0) is 23.5. The second kappa shape index (κ2) is 10.3. The van der Waals surface area contributed by atoms with Crippen LogP contribution in [0.3, 0.4) is 0 Å². The van der Waals surface area contributed by atoms with Gasteiger partial charge in [0.15, 0.2) is 0 Å². The number of carbonyl (C=O) groups is 2. The number of carbonyl (C=O) groups excluding carboxylic acids is 2. The second-order valence-corrected chi connectivity index (χ2v) is 9.86. The van der Waals surface area contributed by atoms with Crippen molar-refractivity contribution in [3.8, 4) is 0 Å². The fourth-order valence-corrected chi connectivity index (χ4v) is 4.55. The van der Waals surface area contributed by atoms with Gasteiger partial charge in [0, 0.05) is 61.9 Å². The summed E-state index contributed by atoms with van der Waals surface area (Å²) in [5.41, 5.74) is 3.04. The molecule has 176 valence electrons. The molecule has 2 aromatic rings.